The number of hydrogen-bond acceptors (Lipinski definition) is 6. The maximum absolute atomic E-state index is 14.2. The summed E-state index contributed by atoms with van der Waals surface area (Å²) in [6.45, 7) is 2.15. The van der Waals surface area contributed by atoms with Crippen LogP contribution in [0.4, 0.5) is 0 Å². The highest BCUT2D eigenvalue weighted by molar-refractivity contribution is 5.90. The zero-order valence-corrected chi connectivity index (χ0v) is 23.2. The number of amides is 2. The normalized spacial score (nSPS) is 14.2. The molecule has 5 rings (SSSR count). The number of rotatable bonds is 10. The average molecular weight is 542 g/mol. The van der Waals surface area contributed by atoms with Crippen LogP contribution in [0.5, 0.6) is 11.5 Å². The van der Waals surface area contributed by atoms with E-state index in [1.165, 1.54) is 0 Å². The van der Waals surface area contributed by atoms with Gasteiger partial charge in [0.15, 0.2) is 11.5 Å². The van der Waals surface area contributed by atoms with E-state index in [0.717, 1.165) is 42.3 Å². The maximum Gasteiger partial charge on any atom is 0.247 e. The fraction of sp³-hybridized carbons (Fsp3) is 0.355. The van der Waals surface area contributed by atoms with Gasteiger partial charge in [0.05, 0.1) is 19.7 Å². The van der Waals surface area contributed by atoms with Crippen molar-refractivity contribution < 1.29 is 19.1 Å². The number of carbonyl (C=O) groups is 2. The molecule has 0 saturated heterocycles. The smallest absolute Gasteiger partial charge is 0.247 e. The van der Waals surface area contributed by atoms with Crippen molar-refractivity contribution >= 4 is 22.8 Å². The fourth-order valence-corrected chi connectivity index (χ4v) is 5.39. The van der Waals surface area contributed by atoms with Crippen molar-refractivity contribution in [3.8, 4) is 11.5 Å². The molecule has 0 bridgehead atoms. The second-order valence-electron chi connectivity index (χ2n) is 10.2. The number of aryl methyl sites for hydroxylation is 1. The zero-order valence-electron chi connectivity index (χ0n) is 23.2. The van der Waals surface area contributed by atoms with E-state index in [4.69, 9.17) is 9.47 Å². The minimum absolute atomic E-state index is 0.0715. The van der Waals surface area contributed by atoms with Crippen LogP contribution in [-0.2, 0) is 22.7 Å². The molecular formula is C31H35N5O4. The van der Waals surface area contributed by atoms with Gasteiger partial charge in [0.2, 0.25) is 11.8 Å². The first kappa shape index (κ1) is 27.2. The highest BCUT2D eigenvalue weighted by atomic mass is 16.5. The number of carbonyl (C=O) groups excluding carboxylic acids is 2. The Bertz CT molecular complexity index is 1480. The van der Waals surface area contributed by atoms with Crippen molar-refractivity contribution in [2.24, 2.45) is 0 Å². The summed E-state index contributed by atoms with van der Waals surface area (Å²) in [6.07, 6.45) is 3.99. The van der Waals surface area contributed by atoms with Gasteiger partial charge in [0, 0.05) is 18.2 Å². The molecule has 4 aromatic rings. The molecule has 0 aliphatic heterocycles. The second kappa shape index (κ2) is 12.2. The van der Waals surface area contributed by atoms with E-state index in [-0.39, 0.29) is 30.9 Å². The molecule has 0 spiro atoms. The lowest BCUT2D eigenvalue weighted by Gasteiger charge is -2.33. The van der Waals surface area contributed by atoms with Gasteiger partial charge in [-0.1, -0.05) is 72.1 Å². The van der Waals surface area contributed by atoms with E-state index in [9.17, 15) is 9.59 Å². The van der Waals surface area contributed by atoms with Crippen molar-refractivity contribution in [2.45, 2.75) is 57.8 Å². The molecule has 1 atom stereocenters. The summed E-state index contributed by atoms with van der Waals surface area (Å²) in [4.78, 5) is 30.0. The minimum atomic E-state index is -0.964. The number of fused-ring (bicyclic) bond motifs is 1. The molecule has 1 N–H and O–H groups in total. The fourth-order valence-electron chi connectivity index (χ4n) is 5.39. The van der Waals surface area contributed by atoms with Gasteiger partial charge in [-0.25, -0.2) is 4.68 Å². The number of para-hydroxylation sites is 2. The first-order valence-electron chi connectivity index (χ1n) is 13.6. The number of hydrogen-bond donors (Lipinski definition) is 1. The van der Waals surface area contributed by atoms with Crippen LogP contribution in [0.15, 0.2) is 66.7 Å². The van der Waals surface area contributed by atoms with Gasteiger partial charge in [-0.2, -0.15) is 0 Å². The van der Waals surface area contributed by atoms with E-state index in [2.05, 4.69) is 15.6 Å². The Hall–Kier alpha value is -4.40. The predicted molar refractivity (Wildman–Crippen MR) is 152 cm³/mol. The standard InChI is InChI=1S/C31H35N5O4/c1-21-15-17-22(18-16-21)19-35(28(37)20-36-26-13-7-6-12-25(26)33-34-36)29(31(38)32-23-9-4-5-10-23)24-11-8-14-27(39-2)30(24)40-3/h6-8,11-18,23,29H,4-5,9-10,19-20H2,1-3H3,(H,32,38)/t29-/m0/s1. The Balaban J connectivity index is 1.59. The molecule has 9 heteroatoms. The third kappa shape index (κ3) is 5.78. The van der Waals surface area contributed by atoms with E-state index >= 15 is 0 Å². The number of ether oxygens (including phenoxy) is 2. The largest absolute Gasteiger partial charge is 0.493 e. The SMILES string of the molecule is COc1cccc([C@@H](C(=O)NC2CCCC2)N(Cc2ccc(C)cc2)C(=O)Cn2nnc3ccccc32)c1OC. The quantitative estimate of drug-likeness (QED) is 0.316. The molecule has 1 aliphatic rings. The van der Waals surface area contributed by atoms with Gasteiger partial charge < -0.3 is 19.7 Å². The Morgan fingerprint density at radius 2 is 1.75 bits per heavy atom. The highest BCUT2D eigenvalue weighted by Gasteiger charge is 2.36. The van der Waals surface area contributed by atoms with Crippen LogP contribution in [0.1, 0.15) is 48.4 Å². The number of aromatic nitrogens is 3. The number of benzene rings is 3. The molecule has 3 aromatic carbocycles. The van der Waals surface area contributed by atoms with Gasteiger partial charge in [-0.3, -0.25) is 9.59 Å². The summed E-state index contributed by atoms with van der Waals surface area (Å²) in [5, 5.41) is 11.7. The summed E-state index contributed by atoms with van der Waals surface area (Å²) < 4.78 is 12.9. The van der Waals surface area contributed by atoms with Crippen LogP contribution in [0.2, 0.25) is 0 Å². The molecule has 1 fully saturated rings. The lowest BCUT2D eigenvalue weighted by Crippen LogP contribution is -2.46. The van der Waals surface area contributed by atoms with E-state index < -0.39 is 6.04 Å². The Labute approximate surface area is 234 Å². The van der Waals surface area contributed by atoms with Crippen molar-refractivity contribution in [3.05, 3.63) is 83.4 Å². The molecule has 0 radical (unpaired) electrons. The second-order valence-corrected chi connectivity index (χ2v) is 10.2. The van der Waals surface area contributed by atoms with Crippen molar-refractivity contribution in [3.63, 3.8) is 0 Å². The lowest BCUT2D eigenvalue weighted by molar-refractivity contribution is -0.142. The number of nitrogens with zero attached hydrogens (tertiary/aromatic N) is 4. The van der Waals surface area contributed by atoms with Crippen LogP contribution in [0.3, 0.4) is 0 Å². The molecule has 9 nitrogen and oxygen atoms in total. The Morgan fingerprint density at radius 3 is 2.48 bits per heavy atom. The molecule has 40 heavy (non-hydrogen) atoms. The van der Waals surface area contributed by atoms with Gasteiger partial charge >= 0.3 is 0 Å². The summed E-state index contributed by atoms with van der Waals surface area (Å²) in [5.74, 6) is 0.392. The van der Waals surface area contributed by atoms with Crippen molar-refractivity contribution in [2.75, 3.05) is 14.2 Å². The van der Waals surface area contributed by atoms with Crippen LogP contribution in [0.25, 0.3) is 11.0 Å². The zero-order chi connectivity index (χ0) is 28.1. The van der Waals surface area contributed by atoms with E-state index in [1.54, 1.807) is 29.9 Å². The Kier molecular flexibility index (Phi) is 8.28. The van der Waals surface area contributed by atoms with Gasteiger partial charge in [0.1, 0.15) is 18.1 Å². The Morgan fingerprint density at radius 1 is 1.00 bits per heavy atom. The third-order valence-electron chi connectivity index (χ3n) is 7.49. The van der Waals surface area contributed by atoms with Gasteiger partial charge in [0.25, 0.3) is 0 Å². The van der Waals surface area contributed by atoms with E-state index in [1.807, 2.05) is 67.6 Å². The molecule has 2 amide bonds. The molecule has 1 heterocycles. The summed E-state index contributed by atoms with van der Waals surface area (Å²) in [5.41, 5.74) is 4.02. The first-order chi connectivity index (χ1) is 19.5. The summed E-state index contributed by atoms with van der Waals surface area (Å²) in [6, 6.07) is 20.0. The van der Waals surface area contributed by atoms with Crippen LogP contribution >= 0.6 is 0 Å². The van der Waals surface area contributed by atoms with Crippen LogP contribution in [0, 0.1) is 6.92 Å². The molecule has 0 unspecified atom stereocenters. The predicted octanol–water partition coefficient (Wildman–Crippen LogP) is 4.59. The maximum atomic E-state index is 14.2. The summed E-state index contributed by atoms with van der Waals surface area (Å²) >= 11 is 0. The minimum Gasteiger partial charge on any atom is -0.493 e. The van der Waals surface area contributed by atoms with Gasteiger partial charge in [-0.15, -0.1) is 5.10 Å². The lowest BCUT2D eigenvalue weighted by atomic mass is 10.00. The van der Waals surface area contributed by atoms with Crippen LogP contribution in [-0.4, -0.2) is 52.0 Å². The topological polar surface area (TPSA) is 98.6 Å². The van der Waals surface area contributed by atoms with Crippen molar-refractivity contribution in [1.82, 2.24) is 25.2 Å². The molecule has 1 aliphatic carbocycles. The van der Waals surface area contributed by atoms with E-state index in [0.29, 0.717) is 22.6 Å². The van der Waals surface area contributed by atoms with Gasteiger partial charge in [-0.05, 0) is 43.5 Å². The molecule has 208 valence electrons. The van der Waals surface area contributed by atoms with Crippen LogP contribution < -0.4 is 14.8 Å². The highest BCUT2D eigenvalue weighted by Crippen LogP contribution is 2.38. The average Bonchev–Trinajstić information content (AvgIpc) is 3.63. The van der Waals surface area contributed by atoms with Crippen molar-refractivity contribution in [1.29, 1.82) is 0 Å². The molecule has 1 saturated carbocycles. The monoisotopic (exact) mass is 541 g/mol. The molecule has 1 aromatic heterocycles. The molecular weight excluding hydrogens is 506 g/mol. The summed E-state index contributed by atoms with van der Waals surface area (Å²) in [7, 11) is 3.10. The third-order valence-corrected chi connectivity index (χ3v) is 7.49. The first-order valence-corrected chi connectivity index (χ1v) is 13.6. The number of methoxy groups -OCH3 is 2. The number of nitrogens with one attached hydrogen (secondary N) is 1.